The van der Waals surface area contributed by atoms with Crippen molar-refractivity contribution in [2.24, 2.45) is 5.92 Å². The van der Waals surface area contributed by atoms with E-state index in [9.17, 15) is 9.59 Å². The number of carbonyl (C=O) groups is 2. The minimum atomic E-state index is -0.203. The van der Waals surface area contributed by atoms with Crippen LogP contribution in [0.1, 0.15) is 13.8 Å². The SMILES string of the molecule is CCOCC(=O)N(C)CC(C)C(=O)NC. The Morgan fingerprint density at radius 1 is 1.47 bits per heavy atom. The Balaban J connectivity index is 3.95. The van der Waals surface area contributed by atoms with Crippen LogP contribution in [0.25, 0.3) is 0 Å². The fourth-order valence-electron chi connectivity index (χ4n) is 1.14. The maximum atomic E-state index is 11.4. The lowest BCUT2D eigenvalue weighted by atomic mass is 10.1. The first-order chi connectivity index (χ1) is 7.02. The number of carbonyl (C=O) groups excluding carboxylic acids is 2. The molecule has 0 saturated carbocycles. The van der Waals surface area contributed by atoms with E-state index in [0.29, 0.717) is 13.2 Å². The summed E-state index contributed by atoms with van der Waals surface area (Å²) in [7, 11) is 3.25. The Morgan fingerprint density at radius 3 is 2.53 bits per heavy atom. The molecule has 0 aliphatic heterocycles. The standard InChI is InChI=1S/C10H20N2O3/c1-5-15-7-9(13)12(4)6-8(2)10(14)11-3/h8H,5-7H2,1-4H3,(H,11,14). The van der Waals surface area contributed by atoms with E-state index in [1.165, 1.54) is 4.90 Å². The minimum Gasteiger partial charge on any atom is -0.372 e. The summed E-state index contributed by atoms with van der Waals surface area (Å²) < 4.78 is 4.99. The molecule has 0 aromatic carbocycles. The van der Waals surface area contributed by atoms with Gasteiger partial charge < -0.3 is 15.0 Å². The highest BCUT2D eigenvalue weighted by atomic mass is 16.5. The van der Waals surface area contributed by atoms with Gasteiger partial charge in [-0.25, -0.2) is 0 Å². The zero-order valence-electron chi connectivity index (χ0n) is 9.87. The molecule has 0 heterocycles. The Kier molecular flexibility index (Phi) is 6.70. The van der Waals surface area contributed by atoms with Crippen LogP contribution in [-0.4, -0.2) is 50.6 Å². The van der Waals surface area contributed by atoms with E-state index in [1.807, 2.05) is 6.92 Å². The molecule has 0 aliphatic carbocycles. The van der Waals surface area contributed by atoms with Gasteiger partial charge in [0, 0.05) is 27.2 Å². The van der Waals surface area contributed by atoms with E-state index in [4.69, 9.17) is 4.74 Å². The van der Waals surface area contributed by atoms with Gasteiger partial charge in [0.05, 0.1) is 5.92 Å². The van der Waals surface area contributed by atoms with Crippen molar-refractivity contribution in [1.82, 2.24) is 10.2 Å². The van der Waals surface area contributed by atoms with Crippen molar-refractivity contribution in [1.29, 1.82) is 0 Å². The lowest BCUT2D eigenvalue weighted by Gasteiger charge is -2.20. The number of hydrogen-bond donors (Lipinski definition) is 1. The topological polar surface area (TPSA) is 58.6 Å². The monoisotopic (exact) mass is 216 g/mol. The highest BCUT2D eigenvalue weighted by molar-refractivity contribution is 5.80. The van der Waals surface area contributed by atoms with Crippen LogP contribution in [-0.2, 0) is 14.3 Å². The third-order valence-electron chi connectivity index (χ3n) is 2.10. The molecule has 2 amide bonds. The predicted molar refractivity (Wildman–Crippen MR) is 57.4 cm³/mol. The largest absolute Gasteiger partial charge is 0.372 e. The Hall–Kier alpha value is -1.10. The van der Waals surface area contributed by atoms with Crippen molar-refractivity contribution in [3.63, 3.8) is 0 Å². The molecule has 0 radical (unpaired) electrons. The quantitative estimate of drug-likeness (QED) is 0.672. The summed E-state index contributed by atoms with van der Waals surface area (Å²) in [5.74, 6) is -0.371. The highest BCUT2D eigenvalue weighted by Crippen LogP contribution is 1.98. The van der Waals surface area contributed by atoms with Crippen LogP contribution in [0, 0.1) is 5.92 Å². The van der Waals surface area contributed by atoms with Crippen LogP contribution < -0.4 is 5.32 Å². The van der Waals surface area contributed by atoms with Gasteiger partial charge in [0.2, 0.25) is 11.8 Å². The van der Waals surface area contributed by atoms with Crippen molar-refractivity contribution in [2.45, 2.75) is 13.8 Å². The molecule has 1 N–H and O–H groups in total. The van der Waals surface area contributed by atoms with E-state index < -0.39 is 0 Å². The summed E-state index contributed by atoms with van der Waals surface area (Å²) in [6.45, 7) is 4.62. The van der Waals surface area contributed by atoms with Crippen LogP contribution in [0.3, 0.4) is 0 Å². The molecule has 5 heteroatoms. The van der Waals surface area contributed by atoms with Crippen molar-refractivity contribution < 1.29 is 14.3 Å². The summed E-state index contributed by atoms with van der Waals surface area (Å²) >= 11 is 0. The molecule has 0 aliphatic rings. The third-order valence-corrected chi connectivity index (χ3v) is 2.10. The number of ether oxygens (including phenoxy) is 1. The van der Waals surface area contributed by atoms with Gasteiger partial charge >= 0.3 is 0 Å². The van der Waals surface area contributed by atoms with Crippen molar-refractivity contribution in [3.05, 3.63) is 0 Å². The fourth-order valence-corrected chi connectivity index (χ4v) is 1.14. The molecule has 0 aromatic rings. The van der Waals surface area contributed by atoms with Crippen molar-refractivity contribution in [3.8, 4) is 0 Å². The van der Waals surface area contributed by atoms with Crippen LogP contribution in [0.15, 0.2) is 0 Å². The summed E-state index contributed by atoms with van der Waals surface area (Å²) in [5.41, 5.74) is 0. The van der Waals surface area contributed by atoms with Crippen LogP contribution in [0.5, 0.6) is 0 Å². The number of rotatable bonds is 6. The van der Waals surface area contributed by atoms with Gasteiger partial charge in [-0.15, -0.1) is 0 Å². The van der Waals surface area contributed by atoms with Gasteiger partial charge in [-0.2, -0.15) is 0 Å². The number of hydrogen-bond acceptors (Lipinski definition) is 3. The number of nitrogens with one attached hydrogen (secondary N) is 1. The van der Waals surface area contributed by atoms with Gasteiger partial charge in [-0.05, 0) is 6.92 Å². The average Bonchev–Trinajstić information content (AvgIpc) is 2.24. The van der Waals surface area contributed by atoms with E-state index in [-0.39, 0.29) is 24.3 Å². The highest BCUT2D eigenvalue weighted by Gasteiger charge is 2.16. The predicted octanol–water partition coefficient (Wildman–Crippen LogP) is -0.137. The number of amides is 2. The molecule has 5 nitrogen and oxygen atoms in total. The third kappa shape index (κ3) is 5.37. The molecule has 1 atom stereocenters. The molecular formula is C10H20N2O3. The van der Waals surface area contributed by atoms with E-state index in [0.717, 1.165) is 0 Å². The zero-order valence-corrected chi connectivity index (χ0v) is 9.87. The van der Waals surface area contributed by atoms with Crippen LogP contribution >= 0.6 is 0 Å². The molecule has 0 rings (SSSR count). The second-order valence-electron chi connectivity index (χ2n) is 3.43. The smallest absolute Gasteiger partial charge is 0.248 e. The van der Waals surface area contributed by atoms with E-state index >= 15 is 0 Å². The summed E-state index contributed by atoms with van der Waals surface area (Å²) in [5, 5.41) is 2.54. The molecule has 0 bridgehead atoms. The molecule has 88 valence electrons. The molecule has 0 saturated heterocycles. The number of nitrogens with zero attached hydrogens (tertiary/aromatic N) is 1. The molecule has 0 fully saturated rings. The molecule has 0 aromatic heterocycles. The van der Waals surface area contributed by atoms with Gasteiger partial charge in [0.25, 0.3) is 0 Å². The van der Waals surface area contributed by atoms with Gasteiger partial charge in [-0.3, -0.25) is 9.59 Å². The Morgan fingerprint density at radius 2 is 2.07 bits per heavy atom. The summed E-state index contributed by atoms with van der Waals surface area (Å²) in [6.07, 6.45) is 0. The first-order valence-corrected chi connectivity index (χ1v) is 5.06. The van der Waals surface area contributed by atoms with Crippen molar-refractivity contribution in [2.75, 3.05) is 33.9 Å². The Labute approximate surface area is 90.8 Å². The first-order valence-electron chi connectivity index (χ1n) is 5.06. The average molecular weight is 216 g/mol. The molecule has 1 unspecified atom stereocenters. The zero-order chi connectivity index (χ0) is 11.8. The summed E-state index contributed by atoms with van der Waals surface area (Å²) in [6, 6.07) is 0. The van der Waals surface area contributed by atoms with Crippen LogP contribution in [0.4, 0.5) is 0 Å². The second-order valence-corrected chi connectivity index (χ2v) is 3.43. The molecule has 15 heavy (non-hydrogen) atoms. The number of likely N-dealkylation sites (N-methyl/N-ethyl adjacent to an activating group) is 1. The summed E-state index contributed by atoms with van der Waals surface area (Å²) in [4.78, 5) is 24.1. The lowest BCUT2D eigenvalue weighted by Crippen LogP contribution is -2.38. The van der Waals surface area contributed by atoms with Crippen LogP contribution in [0.2, 0.25) is 0 Å². The molecule has 0 spiro atoms. The fraction of sp³-hybridized carbons (Fsp3) is 0.800. The van der Waals surface area contributed by atoms with E-state index in [1.54, 1.807) is 21.0 Å². The maximum absolute atomic E-state index is 11.4. The lowest BCUT2D eigenvalue weighted by molar-refractivity contribution is -0.136. The van der Waals surface area contributed by atoms with Crippen molar-refractivity contribution >= 4 is 11.8 Å². The van der Waals surface area contributed by atoms with Gasteiger partial charge in [0.15, 0.2) is 0 Å². The normalized spacial score (nSPS) is 12.0. The minimum absolute atomic E-state index is 0.0638. The van der Waals surface area contributed by atoms with Gasteiger partial charge in [-0.1, -0.05) is 6.92 Å². The van der Waals surface area contributed by atoms with Gasteiger partial charge in [0.1, 0.15) is 6.61 Å². The van der Waals surface area contributed by atoms with E-state index in [2.05, 4.69) is 5.32 Å². The second kappa shape index (κ2) is 7.23. The first kappa shape index (κ1) is 13.9. The maximum Gasteiger partial charge on any atom is 0.248 e. The molecular weight excluding hydrogens is 196 g/mol. The Bertz CT molecular complexity index is 219.